The van der Waals surface area contributed by atoms with Crippen LogP contribution < -0.4 is 5.32 Å². The highest BCUT2D eigenvalue weighted by molar-refractivity contribution is 6.99. The van der Waals surface area contributed by atoms with Crippen molar-refractivity contribution in [1.82, 2.24) is 14.1 Å². The van der Waals surface area contributed by atoms with E-state index in [2.05, 4.69) is 14.1 Å². The highest BCUT2D eigenvalue weighted by Gasteiger charge is 2.07. The second-order valence-electron chi connectivity index (χ2n) is 3.45. The molecule has 17 heavy (non-hydrogen) atoms. The number of nitrogens with one attached hydrogen (secondary N) is 1. The number of aliphatic hydroxyl groups excluding tert-OH is 1. The summed E-state index contributed by atoms with van der Waals surface area (Å²) in [5, 5.41) is 11.7. The molecule has 1 aromatic heterocycles. The Bertz CT molecular complexity index is 499. The Balaban J connectivity index is 1.95. The van der Waals surface area contributed by atoms with Gasteiger partial charge in [0.1, 0.15) is 0 Å². The van der Waals surface area contributed by atoms with Crippen molar-refractivity contribution in [2.45, 2.75) is 13.2 Å². The molecule has 0 fully saturated rings. The van der Waals surface area contributed by atoms with Gasteiger partial charge in [0.15, 0.2) is 5.69 Å². The van der Waals surface area contributed by atoms with Gasteiger partial charge in [0.05, 0.1) is 24.5 Å². The van der Waals surface area contributed by atoms with E-state index in [0.29, 0.717) is 12.2 Å². The Hall–Kier alpha value is -1.79. The lowest BCUT2D eigenvalue weighted by atomic mass is 10.1. The van der Waals surface area contributed by atoms with Gasteiger partial charge < -0.3 is 10.4 Å². The van der Waals surface area contributed by atoms with E-state index in [1.54, 1.807) is 0 Å². The van der Waals surface area contributed by atoms with Gasteiger partial charge >= 0.3 is 0 Å². The standard InChI is InChI=1S/C11H11N3O2S/c15-7-9-3-1-2-8(4-9)5-12-11(16)10-6-13-17-14-10/h1-4,6,15H,5,7H2,(H,12,16). The average molecular weight is 249 g/mol. The number of carbonyl (C=O) groups excluding carboxylic acids is 1. The number of nitrogens with zero attached hydrogens (tertiary/aromatic N) is 2. The molecule has 1 amide bonds. The Kier molecular flexibility index (Phi) is 3.79. The molecule has 5 nitrogen and oxygen atoms in total. The fourth-order valence-electron chi connectivity index (χ4n) is 1.38. The molecule has 0 unspecified atom stereocenters. The van der Waals surface area contributed by atoms with E-state index in [1.165, 1.54) is 6.20 Å². The highest BCUT2D eigenvalue weighted by Crippen LogP contribution is 2.05. The van der Waals surface area contributed by atoms with Crippen LogP contribution in [0.4, 0.5) is 0 Å². The third kappa shape index (κ3) is 3.08. The molecule has 0 bridgehead atoms. The third-order valence-corrected chi connectivity index (χ3v) is 2.70. The Morgan fingerprint density at radius 3 is 2.94 bits per heavy atom. The van der Waals surface area contributed by atoms with Crippen LogP contribution in [0.1, 0.15) is 21.6 Å². The molecule has 2 aromatic rings. The number of carbonyl (C=O) groups is 1. The minimum Gasteiger partial charge on any atom is -0.392 e. The summed E-state index contributed by atoms with van der Waals surface area (Å²) in [7, 11) is 0. The lowest BCUT2D eigenvalue weighted by Crippen LogP contribution is -2.23. The van der Waals surface area contributed by atoms with E-state index in [1.807, 2.05) is 24.3 Å². The van der Waals surface area contributed by atoms with E-state index in [0.717, 1.165) is 22.9 Å². The van der Waals surface area contributed by atoms with Crippen molar-refractivity contribution in [3.63, 3.8) is 0 Å². The predicted octanol–water partition coefficient (Wildman–Crippen LogP) is 0.960. The van der Waals surface area contributed by atoms with Gasteiger partial charge in [-0.3, -0.25) is 4.79 Å². The molecule has 1 heterocycles. The summed E-state index contributed by atoms with van der Waals surface area (Å²) in [5.41, 5.74) is 2.09. The fourth-order valence-corrected chi connectivity index (χ4v) is 1.79. The highest BCUT2D eigenvalue weighted by atomic mass is 32.1. The molecular formula is C11H11N3O2S. The summed E-state index contributed by atoms with van der Waals surface area (Å²) >= 11 is 1.00. The average Bonchev–Trinajstić information content (AvgIpc) is 2.90. The molecule has 88 valence electrons. The third-order valence-electron chi connectivity index (χ3n) is 2.22. The summed E-state index contributed by atoms with van der Waals surface area (Å²) in [5.74, 6) is -0.242. The molecule has 0 aliphatic rings. The van der Waals surface area contributed by atoms with E-state index in [4.69, 9.17) is 5.11 Å². The van der Waals surface area contributed by atoms with Crippen molar-refractivity contribution >= 4 is 17.6 Å². The van der Waals surface area contributed by atoms with Crippen molar-refractivity contribution < 1.29 is 9.90 Å². The number of hydrogen-bond acceptors (Lipinski definition) is 5. The largest absolute Gasteiger partial charge is 0.392 e. The van der Waals surface area contributed by atoms with Gasteiger partial charge in [-0.15, -0.1) is 0 Å². The van der Waals surface area contributed by atoms with Crippen LogP contribution in [0.25, 0.3) is 0 Å². The summed E-state index contributed by atoms with van der Waals surface area (Å²) in [6.45, 7) is 0.405. The van der Waals surface area contributed by atoms with Crippen molar-refractivity contribution in [3.05, 3.63) is 47.3 Å². The fraction of sp³-hybridized carbons (Fsp3) is 0.182. The topological polar surface area (TPSA) is 75.1 Å². The van der Waals surface area contributed by atoms with Crippen LogP contribution in [0.15, 0.2) is 30.5 Å². The summed E-state index contributed by atoms with van der Waals surface area (Å²) in [4.78, 5) is 11.6. The first-order valence-corrected chi connectivity index (χ1v) is 5.77. The first-order chi connectivity index (χ1) is 8.29. The number of hydrogen-bond donors (Lipinski definition) is 2. The van der Waals surface area contributed by atoms with Gasteiger partial charge in [0.2, 0.25) is 0 Å². The van der Waals surface area contributed by atoms with Crippen LogP contribution in [0.2, 0.25) is 0 Å². The molecule has 0 saturated heterocycles. The van der Waals surface area contributed by atoms with Gasteiger partial charge in [0, 0.05) is 6.54 Å². The number of aliphatic hydroxyl groups is 1. The molecular weight excluding hydrogens is 238 g/mol. The Labute approximate surface area is 102 Å². The second kappa shape index (κ2) is 5.51. The molecule has 0 saturated carbocycles. The number of amides is 1. The van der Waals surface area contributed by atoms with Gasteiger partial charge in [-0.05, 0) is 11.1 Å². The van der Waals surface area contributed by atoms with Crippen LogP contribution >= 0.6 is 11.7 Å². The summed E-state index contributed by atoms with van der Waals surface area (Å²) < 4.78 is 7.60. The lowest BCUT2D eigenvalue weighted by Gasteiger charge is -2.04. The second-order valence-corrected chi connectivity index (χ2v) is 4.01. The molecule has 2 rings (SSSR count). The molecule has 2 N–H and O–H groups in total. The van der Waals surface area contributed by atoms with Crippen molar-refractivity contribution in [1.29, 1.82) is 0 Å². The quantitative estimate of drug-likeness (QED) is 0.846. The molecule has 0 atom stereocenters. The summed E-state index contributed by atoms with van der Waals surface area (Å²) in [6.07, 6.45) is 1.43. The predicted molar refractivity (Wildman–Crippen MR) is 63.4 cm³/mol. The van der Waals surface area contributed by atoms with E-state index in [-0.39, 0.29) is 12.5 Å². The van der Waals surface area contributed by atoms with Crippen LogP contribution in [0.5, 0.6) is 0 Å². The van der Waals surface area contributed by atoms with Crippen LogP contribution in [-0.4, -0.2) is 19.8 Å². The number of aromatic nitrogens is 2. The monoisotopic (exact) mass is 249 g/mol. The maximum Gasteiger partial charge on any atom is 0.272 e. The normalized spacial score (nSPS) is 10.2. The molecule has 0 spiro atoms. The first kappa shape index (κ1) is 11.7. The zero-order chi connectivity index (χ0) is 12.1. The van der Waals surface area contributed by atoms with Gasteiger partial charge in [-0.25, -0.2) is 0 Å². The summed E-state index contributed by atoms with van der Waals surface area (Å²) in [6, 6.07) is 7.41. The zero-order valence-corrected chi connectivity index (χ0v) is 9.78. The molecule has 1 aromatic carbocycles. The molecule has 0 radical (unpaired) electrons. The van der Waals surface area contributed by atoms with Gasteiger partial charge in [-0.2, -0.15) is 8.75 Å². The number of benzene rings is 1. The minimum absolute atomic E-state index is 0.00219. The maximum atomic E-state index is 11.6. The van der Waals surface area contributed by atoms with Gasteiger partial charge in [0.25, 0.3) is 5.91 Å². The van der Waals surface area contributed by atoms with Crippen LogP contribution in [0.3, 0.4) is 0 Å². The maximum absolute atomic E-state index is 11.6. The first-order valence-electron chi connectivity index (χ1n) is 5.04. The number of rotatable bonds is 4. The van der Waals surface area contributed by atoms with E-state index < -0.39 is 0 Å². The van der Waals surface area contributed by atoms with Crippen LogP contribution in [0, 0.1) is 0 Å². The van der Waals surface area contributed by atoms with Crippen molar-refractivity contribution in [3.8, 4) is 0 Å². The Morgan fingerprint density at radius 2 is 2.24 bits per heavy atom. The minimum atomic E-state index is -0.242. The molecule has 6 heteroatoms. The smallest absolute Gasteiger partial charge is 0.272 e. The zero-order valence-electron chi connectivity index (χ0n) is 8.96. The van der Waals surface area contributed by atoms with Crippen LogP contribution in [-0.2, 0) is 13.2 Å². The molecule has 0 aliphatic carbocycles. The molecule has 0 aliphatic heterocycles. The van der Waals surface area contributed by atoms with E-state index >= 15 is 0 Å². The van der Waals surface area contributed by atoms with Crippen molar-refractivity contribution in [2.75, 3.05) is 0 Å². The van der Waals surface area contributed by atoms with Crippen molar-refractivity contribution in [2.24, 2.45) is 0 Å². The Morgan fingerprint density at radius 1 is 1.41 bits per heavy atom. The van der Waals surface area contributed by atoms with E-state index in [9.17, 15) is 4.79 Å². The lowest BCUT2D eigenvalue weighted by molar-refractivity contribution is 0.0947. The SMILES string of the molecule is O=C(NCc1cccc(CO)c1)c1cnsn1. The van der Waals surface area contributed by atoms with Gasteiger partial charge in [-0.1, -0.05) is 24.3 Å².